The van der Waals surface area contributed by atoms with Gasteiger partial charge in [-0.3, -0.25) is 0 Å². The highest BCUT2D eigenvalue weighted by molar-refractivity contribution is 5.91. The quantitative estimate of drug-likeness (QED) is 0.460. The Morgan fingerprint density at radius 3 is 2.44 bits per heavy atom. The Labute approximate surface area is 93.7 Å². The number of carboxylic acids is 1. The summed E-state index contributed by atoms with van der Waals surface area (Å²) in [7, 11) is 0. The van der Waals surface area contributed by atoms with Crippen LogP contribution < -0.4 is 6.15 Å². The number of nitriles is 1. The van der Waals surface area contributed by atoms with E-state index >= 15 is 0 Å². The van der Waals surface area contributed by atoms with Crippen molar-refractivity contribution < 1.29 is 9.90 Å². The zero-order valence-corrected chi connectivity index (χ0v) is 8.63. The van der Waals surface area contributed by atoms with E-state index in [1.807, 2.05) is 30.3 Å². The predicted octanol–water partition coefficient (Wildman–Crippen LogP) is 2.40. The molecular formula is C12H12N2O2. The van der Waals surface area contributed by atoms with Crippen molar-refractivity contribution in [2.75, 3.05) is 0 Å². The van der Waals surface area contributed by atoms with Crippen LogP contribution in [0.15, 0.2) is 48.1 Å². The van der Waals surface area contributed by atoms with Crippen molar-refractivity contribution in [3.63, 3.8) is 0 Å². The molecule has 1 aromatic carbocycles. The van der Waals surface area contributed by atoms with Gasteiger partial charge in [-0.25, -0.2) is 4.79 Å². The molecule has 4 nitrogen and oxygen atoms in total. The van der Waals surface area contributed by atoms with Crippen molar-refractivity contribution in [1.29, 1.82) is 5.26 Å². The molecule has 0 heterocycles. The van der Waals surface area contributed by atoms with Crippen molar-refractivity contribution in [1.82, 2.24) is 6.15 Å². The fraction of sp³-hybridized carbons (Fsp3) is 0. The molecule has 4 heteroatoms. The normalized spacial score (nSPS) is 10.6. The van der Waals surface area contributed by atoms with Crippen LogP contribution in [0.3, 0.4) is 0 Å². The Kier molecular flexibility index (Phi) is 5.95. The molecule has 0 aliphatic heterocycles. The molecule has 4 N–H and O–H groups in total. The van der Waals surface area contributed by atoms with Gasteiger partial charge in [0, 0.05) is 0 Å². The number of aliphatic carboxylic acids is 1. The summed E-state index contributed by atoms with van der Waals surface area (Å²) < 4.78 is 0. The van der Waals surface area contributed by atoms with Gasteiger partial charge in [-0.2, -0.15) is 5.26 Å². The van der Waals surface area contributed by atoms with Gasteiger partial charge < -0.3 is 11.3 Å². The number of hydrogen-bond acceptors (Lipinski definition) is 3. The monoisotopic (exact) mass is 216 g/mol. The molecule has 0 bridgehead atoms. The van der Waals surface area contributed by atoms with Crippen LogP contribution in [0.5, 0.6) is 0 Å². The van der Waals surface area contributed by atoms with Crippen LogP contribution in [-0.4, -0.2) is 11.1 Å². The Hall–Kier alpha value is -2.38. The minimum absolute atomic E-state index is 0. The van der Waals surface area contributed by atoms with E-state index in [4.69, 9.17) is 10.4 Å². The Bertz CT molecular complexity index is 442. The number of nitrogens with zero attached hydrogens (tertiary/aromatic N) is 1. The van der Waals surface area contributed by atoms with Gasteiger partial charge in [0.2, 0.25) is 0 Å². The highest BCUT2D eigenvalue weighted by Crippen LogP contribution is 2.02. The number of benzene rings is 1. The molecule has 0 atom stereocenters. The topological polar surface area (TPSA) is 96.1 Å². The van der Waals surface area contributed by atoms with E-state index in [-0.39, 0.29) is 11.7 Å². The molecule has 0 aromatic heterocycles. The second kappa shape index (κ2) is 6.98. The average Bonchev–Trinajstić information content (AvgIpc) is 2.25. The molecule has 0 fully saturated rings. The van der Waals surface area contributed by atoms with Crippen LogP contribution in [0.2, 0.25) is 0 Å². The molecule has 0 saturated carbocycles. The molecule has 16 heavy (non-hydrogen) atoms. The van der Waals surface area contributed by atoms with E-state index in [9.17, 15) is 4.79 Å². The summed E-state index contributed by atoms with van der Waals surface area (Å²) in [5, 5.41) is 17.0. The van der Waals surface area contributed by atoms with Crippen molar-refractivity contribution in [2.45, 2.75) is 0 Å². The molecular weight excluding hydrogens is 204 g/mol. The van der Waals surface area contributed by atoms with E-state index in [2.05, 4.69) is 0 Å². The second-order valence-electron chi connectivity index (χ2n) is 2.77. The fourth-order valence-electron chi connectivity index (χ4n) is 0.976. The van der Waals surface area contributed by atoms with E-state index in [1.165, 1.54) is 6.08 Å². The van der Waals surface area contributed by atoms with Gasteiger partial charge >= 0.3 is 5.97 Å². The molecule has 82 valence electrons. The SMILES string of the molecule is N.N#C/C(=C\C=C\c1ccccc1)C(=O)O. The van der Waals surface area contributed by atoms with Gasteiger partial charge in [0.25, 0.3) is 0 Å². The minimum Gasteiger partial charge on any atom is -0.477 e. The van der Waals surface area contributed by atoms with Crippen LogP contribution in [0.25, 0.3) is 6.08 Å². The van der Waals surface area contributed by atoms with Crippen molar-refractivity contribution in [3.05, 3.63) is 53.6 Å². The molecule has 0 saturated heterocycles. The van der Waals surface area contributed by atoms with E-state index in [0.717, 1.165) is 5.56 Å². The smallest absolute Gasteiger partial charge is 0.346 e. The first-order valence-corrected chi connectivity index (χ1v) is 4.31. The summed E-state index contributed by atoms with van der Waals surface area (Å²) in [5.74, 6) is -1.21. The zero-order valence-electron chi connectivity index (χ0n) is 8.63. The van der Waals surface area contributed by atoms with Gasteiger partial charge in [-0.05, 0) is 11.6 Å². The lowest BCUT2D eigenvalue weighted by atomic mass is 10.2. The first-order chi connectivity index (χ1) is 7.24. The third-order valence-corrected chi connectivity index (χ3v) is 1.70. The number of allylic oxidation sites excluding steroid dienone is 2. The lowest BCUT2D eigenvalue weighted by Gasteiger charge is -1.89. The van der Waals surface area contributed by atoms with Gasteiger partial charge in [0.15, 0.2) is 0 Å². The number of hydrogen-bond donors (Lipinski definition) is 2. The predicted molar refractivity (Wildman–Crippen MR) is 61.8 cm³/mol. The molecule has 1 rings (SSSR count). The average molecular weight is 216 g/mol. The summed E-state index contributed by atoms with van der Waals surface area (Å²) in [6.45, 7) is 0. The maximum atomic E-state index is 10.4. The summed E-state index contributed by atoms with van der Waals surface area (Å²) in [5.41, 5.74) is 0.679. The molecule has 0 aliphatic rings. The van der Waals surface area contributed by atoms with E-state index in [1.54, 1.807) is 18.2 Å². The molecule has 0 amide bonds. The van der Waals surface area contributed by atoms with Gasteiger partial charge in [-0.1, -0.05) is 42.5 Å². The third kappa shape index (κ3) is 4.22. The Morgan fingerprint density at radius 1 is 1.31 bits per heavy atom. The molecule has 0 spiro atoms. The van der Waals surface area contributed by atoms with Crippen molar-refractivity contribution >= 4 is 12.0 Å². The van der Waals surface area contributed by atoms with Gasteiger partial charge in [0.1, 0.15) is 11.6 Å². The summed E-state index contributed by atoms with van der Waals surface area (Å²) in [6, 6.07) is 11.0. The summed E-state index contributed by atoms with van der Waals surface area (Å²) in [6.07, 6.45) is 4.55. The zero-order chi connectivity index (χ0) is 11.1. The van der Waals surface area contributed by atoms with Gasteiger partial charge in [0.05, 0.1) is 0 Å². The first-order valence-electron chi connectivity index (χ1n) is 4.31. The standard InChI is InChI=1S/C12H9NO2.H3N/c13-9-11(12(14)15)8-4-7-10-5-2-1-3-6-10;/h1-8H,(H,14,15);1H3/b7-4+,11-8+;. The van der Waals surface area contributed by atoms with E-state index in [0.29, 0.717) is 0 Å². The Balaban J connectivity index is 0.00000225. The third-order valence-electron chi connectivity index (χ3n) is 1.70. The van der Waals surface area contributed by atoms with Gasteiger partial charge in [-0.15, -0.1) is 0 Å². The number of carboxylic acid groups (broad SMARTS) is 1. The number of rotatable bonds is 3. The van der Waals surface area contributed by atoms with E-state index < -0.39 is 5.97 Å². The van der Waals surface area contributed by atoms with Crippen LogP contribution in [0.1, 0.15) is 5.56 Å². The second-order valence-corrected chi connectivity index (χ2v) is 2.77. The molecule has 1 aromatic rings. The Morgan fingerprint density at radius 2 is 1.94 bits per heavy atom. The largest absolute Gasteiger partial charge is 0.477 e. The first kappa shape index (κ1) is 13.6. The lowest BCUT2D eigenvalue weighted by Crippen LogP contribution is -1.96. The molecule has 0 aliphatic carbocycles. The highest BCUT2D eigenvalue weighted by atomic mass is 16.4. The van der Waals surface area contributed by atoms with Crippen LogP contribution in [0.4, 0.5) is 0 Å². The number of carbonyl (C=O) groups is 1. The fourth-order valence-corrected chi connectivity index (χ4v) is 0.976. The highest BCUT2D eigenvalue weighted by Gasteiger charge is 2.02. The van der Waals surface area contributed by atoms with Crippen molar-refractivity contribution in [3.8, 4) is 6.07 Å². The maximum Gasteiger partial charge on any atom is 0.346 e. The maximum absolute atomic E-state index is 10.4. The summed E-state index contributed by atoms with van der Waals surface area (Å²) >= 11 is 0. The molecule has 0 unspecified atom stereocenters. The molecule has 0 radical (unpaired) electrons. The lowest BCUT2D eigenvalue weighted by molar-refractivity contribution is -0.132. The van der Waals surface area contributed by atoms with Crippen LogP contribution in [-0.2, 0) is 4.79 Å². The minimum atomic E-state index is -1.21. The van der Waals surface area contributed by atoms with Crippen LogP contribution >= 0.6 is 0 Å². The van der Waals surface area contributed by atoms with Crippen molar-refractivity contribution in [2.24, 2.45) is 0 Å². The van der Waals surface area contributed by atoms with Crippen LogP contribution in [0, 0.1) is 11.3 Å². The summed E-state index contributed by atoms with van der Waals surface area (Å²) in [4.78, 5) is 10.4.